The highest BCUT2D eigenvalue weighted by molar-refractivity contribution is 5.76. The van der Waals surface area contributed by atoms with Gasteiger partial charge < -0.3 is 9.64 Å². The lowest BCUT2D eigenvalue weighted by atomic mass is 9.76. The summed E-state index contributed by atoms with van der Waals surface area (Å²) in [7, 11) is 1.83. The van der Waals surface area contributed by atoms with E-state index in [1.807, 2.05) is 7.11 Å². The highest BCUT2D eigenvalue weighted by Gasteiger charge is 2.46. The highest BCUT2D eigenvalue weighted by atomic mass is 16.5. The third-order valence-electron chi connectivity index (χ3n) is 5.98. The molecule has 132 valence electrons. The number of carbonyl (C=O) groups is 1. The fraction of sp³-hybridized carbons (Fsp3) is 0.667. The summed E-state index contributed by atoms with van der Waals surface area (Å²) in [5.74, 6) is 0.315. The summed E-state index contributed by atoms with van der Waals surface area (Å²) >= 11 is 0. The molecule has 24 heavy (non-hydrogen) atoms. The number of ether oxygens (including phenoxy) is 1. The number of methoxy groups -OCH3 is 1. The fourth-order valence-corrected chi connectivity index (χ4v) is 4.94. The van der Waals surface area contributed by atoms with E-state index in [2.05, 4.69) is 36.9 Å². The Hall–Kier alpha value is -1.35. The molecule has 0 bridgehead atoms. The van der Waals surface area contributed by atoms with Gasteiger partial charge in [-0.3, -0.25) is 4.79 Å². The summed E-state index contributed by atoms with van der Waals surface area (Å²) in [4.78, 5) is 14.9. The summed E-state index contributed by atoms with van der Waals surface area (Å²) in [6.45, 7) is 6.07. The lowest BCUT2D eigenvalue weighted by Crippen LogP contribution is -2.49. The van der Waals surface area contributed by atoms with Crippen molar-refractivity contribution in [1.29, 1.82) is 0 Å². The topological polar surface area (TPSA) is 29.5 Å². The number of amides is 1. The van der Waals surface area contributed by atoms with Gasteiger partial charge in [0.1, 0.15) is 0 Å². The molecule has 3 rings (SSSR count). The van der Waals surface area contributed by atoms with Crippen LogP contribution in [0.4, 0.5) is 0 Å². The molecule has 1 saturated heterocycles. The molecule has 1 aliphatic heterocycles. The molecule has 2 aliphatic rings. The first kappa shape index (κ1) is 17.5. The molecule has 1 aliphatic carbocycles. The predicted octanol–water partition coefficient (Wildman–Crippen LogP) is 4.04. The first-order chi connectivity index (χ1) is 11.5. The van der Waals surface area contributed by atoms with Crippen LogP contribution in [-0.2, 0) is 16.0 Å². The molecule has 0 unspecified atom stereocenters. The zero-order valence-corrected chi connectivity index (χ0v) is 15.4. The largest absolute Gasteiger partial charge is 0.381 e. The monoisotopic (exact) mass is 329 g/mol. The minimum atomic E-state index is 0.225. The van der Waals surface area contributed by atoms with Crippen LogP contribution in [0.3, 0.4) is 0 Å². The average molecular weight is 329 g/mol. The first-order valence-corrected chi connectivity index (χ1v) is 9.40. The van der Waals surface area contributed by atoms with Crippen LogP contribution in [-0.4, -0.2) is 37.1 Å². The number of piperidine rings is 1. The van der Waals surface area contributed by atoms with Crippen molar-refractivity contribution in [1.82, 2.24) is 4.90 Å². The van der Waals surface area contributed by atoms with E-state index in [1.54, 1.807) is 0 Å². The average Bonchev–Trinajstić information content (AvgIpc) is 2.93. The third-order valence-corrected chi connectivity index (χ3v) is 5.98. The fourth-order valence-electron chi connectivity index (χ4n) is 4.94. The van der Waals surface area contributed by atoms with E-state index in [9.17, 15) is 4.79 Å². The van der Waals surface area contributed by atoms with Crippen molar-refractivity contribution < 1.29 is 9.53 Å². The molecule has 1 saturated carbocycles. The predicted molar refractivity (Wildman–Crippen MR) is 97.1 cm³/mol. The van der Waals surface area contributed by atoms with Gasteiger partial charge in [-0.25, -0.2) is 0 Å². The molecule has 1 spiro atoms. The van der Waals surface area contributed by atoms with Gasteiger partial charge in [0.15, 0.2) is 0 Å². The quantitative estimate of drug-likeness (QED) is 0.834. The molecule has 2 atom stereocenters. The second kappa shape index (κ2) is 7.26. The normalized spacial score (nSPS) is 27.0. The smallest absolute Gasteiger partial charge is 0.222 e. The van der Waals surface area contributed by atoms with E-state index < -0.39 is 0 Å². The number of rotatable bonds is 4. The number of hydrogen-bond acceptors (Lipinski definition) is 2. The Morgan fingerprint density at radius 2 is 1.92 bits per heavy atom. The number of likely N-dealkylation sites (tertiary alicyclic amines) is 1. The maximum atomic E-state index is 12.8. The van der Waals surface area contributed by atoms with Crippen molar-refractivity contribution in [2.75, 3.05) is 20.2 Å². The number of hydrogen-bond donors (Lipinski definition) is 0. The third kappa shape index (κ3) is 3.66. The Kier molecular flexibility index (Phi) is 5.29. The van der Waals surface area contributed by atoms with E-state index in [4.69, 9.17) is 4.74 Å². The summed E-state index contributed by atoms with van der Waals surface area (Å²) in [6, 6.07) is 6.59. The van der Waals surface area contributed by atoms with Crippen molar-refractivity contribution in [2.45, 2.75) is 64.9 Å². The van der Waals surface area contributed by atoms with Crippen molar-refractivity contribution in [3.05, 3.63) is 34.9 Å². The molecule has 2 fully saturated rings. The number of aryl methyl sites for hydroxylation is 3. The number of carbonyl (C=O) groups excluding carboxylic acids is 1. The minimum absolute atomic E-state index is 0.225. The second-order valence-electron chi connectivity index (χ2n) is 7.89. The van der Waals surface area contributed by atoms with E-state index >= 15 is 0 Å². The van der Waals surface area contributed by atoms with E-state index in [0.29, 0.717) is 18.4 Å². The Bertz CT molecular complexity index is 577. The molecule has 1 aromatic rings. The van der Waals surface area contributed by atoms with Crippen LogP contribution in [0.25, 0.3) is 0 Å². The van der Waals surface area contributed by atoms with Crippen molar-refractivity contribution in [3.63, 3.8) is 0 Å². The minimum Gasteiger partial charge on any atom is -0.381 e. The molecule has 0 aromatic heterocycles. The second-order valence-corrected chi connectivity index (χ2v) is 7.89. The molecule has 0 radical (unpaired) electrons. The van der Waals surface area contributed by atoms with E-state index in [0.717, 1.165) is 32.4 Å². The maximum absolute atomic E-state index is 12.8. The van der Waals surface area contributed by atoms with Crippen LogP contribution in [0.1, 0.15) is 55.2 Å². The van der Waals surface area contributed by atoms with Crippen LogP contribution in [0.2, 0.25) is 0 Å². The Labute approximate surface area is 146 Å². The number of nitrogens with zero attached hydrogens (tertiary/aromatic N) is 1. The van der Waals surface area contributed by atoms with Crippen LogP contribution in [0, 0.1) is 19.3 Å². The molecule has 1 heterocycles. The molecule has 3 heteroatoms. The zero-order chi connectivity index (χ0) is 17.2. The van der Waals surface area contributed by atoms with Gasteiger partial charge in [-0.2, -0.15) is 0 Å². The van der Waals surface area contributed by atoms with Crippen LogP contribution >= 0.6 is 0 Å². The van der Waals surface area contributed by atoms with Gasteiger partial charge in [0.2, 0.25) is 5.91 Å². The molecule has 3 nitrogen and oxygen atoms in total. The van der Waals surface area contributed by atoms with Gasteiger partial charge in [0.25, 0.3) is 0 Å². The van der Waals surface area contributed by atoms with Gasteiger partial charge in [0, 0.05) is 32.0 Å². The van der Waals surface area contributed by atoms with E-state index in [-0.39, 0.29) is 5.41 Å². The summed E-state index contributed by atoms with van der Waals surface area (Å²) in [5, 5.41) is 0. The van der Waals surface area contributed by atoms with Gasteiger partial charge in [0.05, 0.1) is 6.10 Å². The standard InChI is InChI=1S/C21H31NO2/c1-16-12-17(2)14-18(13-16)7-8-20(23)22-11-5-10-21(15-22)9-4-6-19(21)24-3/h12-14,19H,4-11,15H2,1-3H3/t19-,21+/m1/s1. The molecular formula is C21H31NO2. The lowest BCUT2D eigenvalue weighted by molar-refractivity contribution is -0.137. The summed E-state index contributed by atoms with van der Waals surface area (Å²) in [5.41, 5.74) is 4.07. The van der Waals surface area contributed by atoms with E-state index in [1.165, 1.54) is 36.0 Å². The Balaban J connectivity index is 1.60. The maximum Gasteiger partial charge on any atom is 0.222 e. The summed E-state index contributed by atoms with van der Waals surface area (Å²) < 4.78 is 5.75. The van der Waals surface area contributed by atoms with Crippen LogP contribution in [0.5, 0.6) is 0 Å². The van der Waals surface area contributed by atoms with Gasteiger partial charge >= 0.3 is 0 Å². The zero-order valence-electron chi connectivity index (χ0n) is 15.4. The van der Waals surface area contributed by atoms with Crippen molar-refractivity contribution in [3.8, 4) is 0 Å². The van der Waals surface area contributed by atoms with Crippen molar-refractivity contribution in [2.24, 2.45) is 5.41 Å². The molecule has 1 amide bonds. The Morgan fingerprint density at radius 1 is 1.21 bits per heavy atom. The van der Waals surface area contributed by atoms with Gasteiger partial charge in [-0.15, -0.1) is 0 Å². The molecule has 1 aromatic carbocycles. The first-order valence-electron chi connectivity index (χ1n) is 9.40. The number of benzene rings is 1. The molecular weight excluding hydrogens is 298 g/mol. The van der Waals surface area contributed by atoms with Crippen LogP contribution in [0.15, 0.2) is 18.2 Å². The lowest BCUT2D eigenvalue weighted by Gasteiger charge is -2.43. The van der Waals surface area contributed by atoms with Gasteiger partial charge in [-0.05, 0) is 51.5 Å². The Morgan fingerprint density at radius 3 is 2.62 bits per heavy atom. The van der Waals surface area contributed by atoms with Crippen molar-refractivity contribution >= 4 is 5.91 Å². The van der Waals surface area contributed by atoms with Gasteiger partial charge in [-0.1, -0.05) is 35.7 Å². The van der Waals surface area contributed by atoms with Crippen LogP contribution < -0.4 is 0 Å². The highest BCUT2D eigenvalue weighted by Crippen LogP contribution is 2.46. The summed E-state index contributed by atoms with van der Waals surface area (Å²) in [6.07, 6.45) is 7.75. The SMILES string of the molecule is CO[C@@H]1CCC[C@@]12CCCN(C(=O)CCc1cc(C)cc(C)c1)C2. The molecule has 0 N–H and O–H groups in total.